The smallest absolute Gasteiger partial charge is 0.254 e. The van der Waals surface area contributed by atoms with Crippen molar-refractivity contribution in [1.82, 2.24) is 4.90 Å². The number of halogens is 1. The number of hydrogen-bond donors (Lipinski definition) is 1. The molecule has 0 aromatic heterocycles. The van der Waals surface area contributed by atoms with Crippen LogP contribution < -0.4 is 10.1 Å². The van der Waals surface area contributed by atoms with Crippen LogP contribution in [0.25, 0.3) is 11.1 Å². The number of nitrogens with one attached hydrogen (secondary N) is 1. The lowest BCUT2D eigenvalue weighted by Gasteiger charge is -2.22. The molecule has 0 aliphatic carbocycles. The highest BCUT2D eigenvalue weighted by atomic mass is 32.2. The van der Waals surface area contributed by atoms with Crippen LogP contribution in [0.4, 0.5) is 10.1 Å². The molecule has 3 aromatic carbocycles. The topological polar surface area (TPSA) is 58.6 Å². The second-order valence-electron chi connectivity index (χ2n) is 7.70. The lowest BCUT2D eigenvalue weighted by atomic mass is 10.0. The van der Waals surface area contributed by atoms with Crippen molar-refractivity contribution in [2.75, 3.05) is 24.7 Å². The highest BCUT2D eigenvalue weighted by molar-refractivity contribution is 7.98. The van der Waals surface area contributed by atoms with Gasteiger partial charge in [-0.25, -0.2) is 4.39 Å². The van der Waals surface area contributed by atoms with E-state index in [1.54, 1.807) is 17.0 Å². The SMILES string of the molecule is CCc1c(C(=O)N2CCOc3ccc(-c4ccc(NC=O)cc4)cc3C2)ccc(SC)c1F. The Hall–Kier alpha value is -3.32. The second kappa shape index (κ2) is 10.1. The first-order chi connectivity index (χ1) is 16.0. The molecule has 0 bridgehead atoms. The van der Waals surface area contributed by atoms with E-state index in [9.17, 15) is 14.0 Å². The molecule has 1 aliphatic rings. The van der Waals surface area contributed by atoms with Gasteiger partial charge in [0.1, 0.15) is 18.2 Å². The van der Waals surface area contributed by atoms with Crippen molar-refractivity contribution in [2.45, 2.75) is 24.8 Å². The number of rotatable bonds is 6. The number of amides is 2. The summed E-state index contributed by atoms with van der Waals surface area (Å²) in [5.41, 5.74) is 4.44. The fraction of sp³-hybridized carbons (Fsp3) is 0.231. The van der Waals surface area contributed by atoms with E-state index in [0.29, 0.717) is 48.5 Å². The van der Waals surface area contributed by atoms with Crippen LogP contribution in [0.1, 0.15) is 28.4 Å². The van der Waals surface area contributed by atoms with Gasteiger partial charge in [0.25, 0.3) is 5.91 Å². The Morgan fingerprint density at radius 3 is 2.61 bits per heavy atom. The Morgan fingerprint density at radius 1 is 1.15 bits per heavy atom. The number of thioether (sulfide) groups is 1. The minimum atomic E-state index is -0.308. The van der Waals surface area contributed by atoms with Gasteiger partial charge in [0.2, 0.25) is 6.41 Å². The van der Waals surface area contributed by atoms with Gasteiger partial charge in [-0.3, -0.25) is 9.59 Å². The average molecular weight is 465 g/mol. The number of carbonyl (C=O) groups excluding carboxylic acids is 2. The molecule has 5 nitrogen and oxygen atoms in total. The molecular formula is C26H25FN2O3S. The summed E-state index contributed by atoms with van der Waals surface area (Å²) < 4.78 is 20.8. The van der Waals surface area contributed by atoms with Crippen LogP contribution in [0.2, 0.25) is 0 Å². The summed E-state index contributed by atoms with van der Waals surface area (Å²) in [6.45, 7) is 3.03. The third-order valence-corrected chi connectivity index (χ3v) is 6.54. The van der Waals surface area contributed by atoms with Crippen LogP contribution in [0, 0.1) is 5.82 Å². The van der Waals surface area contributed by atoms with Crippen molar-refractivity contribution in [2.24, 2.45) is 0 Å². The average Bonchev–Trinajstić information content (AvgIpc) is 3.06. The van der Waals surface area contributed by atoms with Gasteiger partial charge >= 0.3 is 0 Å². The molecular weight excluding hydrogens is 439 g/mol. The van der Waals surface area contributed by atoms with E-state index in [-0.39, 0.29) is 11.7 Å². The maximum absolute atomic E-state index is 14.9. The maximum Gasteiger partial charge on any atom is 0.254 e. The number of nitrogens with zero attached hydrogens (tertiary/aromatic N) is 1. The summed E-state index contributed by atoms with van der Waals surface area (Å²) >= 11 is 1.34. The van der Waals surface area contributed by atoms with Gasteiger partial charge in [-0.1, -0.05) is 25.1 Å². The molecule has 170 valence electrons. The number of benzene rings is 3. The first-order valence-corrected chi connectivity index (χ1v) is 12.0. The summed E-state index contributed by atoms with van der Waals surface area (Å²) in [5.74, 6) is 0.245. The van der Waals surface area contributed by atoms with E-state index in [1.165, 1.54) is 11.8 Å². The van der Waals surface area contributed by atoms with E-state index in [2.05, 4.69) is 5.32 Å². The zero-order valence-corrected chi connectivity index (χ0v) is 19.4. The molecule has 1 heterocycles. The van der Waals surface area contributed by atoms with Crippen LogP contribution in [0.5, 0.6) is 5.75 Å². The number of hydrogen-bond acceptors (Lipinski definition) is 4. The third kappa shape index (κ3) is 4.73. The molecule has 0 saturated heterocycles. The molecule has 7 heteroatoms. The lowest BCUT2D eigenvalue weighted by molar-refractivity contribution is -0.105. The molecule has 1 aliphatic heterocycles. The molecule has 0 saturated carbocycles. The largest absolute Gasteiger partial charge is 0.491 e. The quantitative estimate of drug-likeness (QED) is 0.393. The van der Waals surface area contributed by atoms with Crippen molar-refractivity contribution in [3.8, 4) is 16.9 Å². The highest BCUT2D eigenvalue weighted by Crippen LogP contribution is 2.31. The number of carbonyl (C=O) groups is 2. The number of anilines is 1. The normalized spacial score (nSPS) is 13.0. The first-order valence-electron chi connectivity index (χ1n) is 10.8. The summed E-state index contributed by atoms with van der Waals surface area (Å²) in [4.78, 5) is 26.3. The summed E-state index contributed by atoms with van der Waals surface area (Å²) in [5, 5.41) is 2.63. The van der Waals surface area contributed by atoms with Crippen LogP contribution in [-0.2, 0) is 17.8 Å². The molecule has 2 amide bonds. The zero-order valence-electron chi connectivity index (χ0n) is 18.6. The second-order valence-corrected chi connectivity index (χ2v) is 8.55. The van der Waals surface area contributed by atoms with Crippen LogP contribution in [0.15, 0.2) is 59.5 Å². The van der Waals surface area contributed by atoms with E-state index < -0.39 is 0 Å². The Balaban J connectivity index is 1.63. The Kier molecular flexibility index (Phi) is 6.99. The van der Waals surface area contributed by atoms with Crippen LogP contribution in [-0.4, -0.2) is 36.6 Å². The Morgan fingerprint density at radius 2 is 1.91 bits per heavy atom. The van der Waals surface area contributed by atoms with Gasteiger partial charge < -0.3 is 15.0 Å². The monoisotopic (exact) mass is 464 g/mol. The standard InChI is InChI=1S/C26H25FN2O3S/c1-3-21-22(9-11-24(33-2)25(21)27)26(31)29-12-13-32-23-10-6-18(14-19(23)15-29)17-4-7-20(8-5-17)28-16-30/h4-11,14,16H,3,12-13,15H2,1-2H3,(H,28,30). The molecule has 0 radical (unpaired) electrons. The fourth-order valence-electron chi connectivity index (χ4n) is 4.05. The molecule has 1 N–H and O–H groups in total. The van der Waals surface area contributed by atoms with E-state index >= 15 is 0 Å². The third-order valence-electron chi connectivity index (χ3n) is 5.78. The minimum Gasteiger partial charge on any atom is -0.491 e. The van der Waals surface area contributed by atoms with Crippen molar-refractivity contribution >= 4 is 29.8 Å². The van der Waals surface area contributed by atoms with Crippen molar-refractivity contribution in [1.29, 1.82) is 0 Å². The van der Waals surface area contributed by atoms with E-state index in [0.717, 1.165) is 28.1 Å². The molecule has 4 rings (SSSR count). The lowest BCUT2D eigenvalue weighted by Crippen LogP contribution is -2.33. The van der Waals surface area contributed by atoms with E-state index in [1.807, 2.05) is 55.6 Å². The number of ether oxygens (including phenoxy) is 1. The highest BCUT2D eigenvalue weighted by Gasteiger charge is 2.25. The fourth-order valence-corrected chi connectivity index (χ4v) is 4.55. The minimum absolute atomic E-state index is 0.190. The first kappa shape index (κ1) is 22.9. The van der Waals surface area contributed by atoms with Crippen LogP contribution >= 0.6 is 11.8 Å². The van der Waals surface area contributed by atoms with Gasteiger partial charge in [-0.15, -0.1) is 11.8 Å². The van der Waals surface area contributed by atoms with E-state index in [4.69, 9.17) is 4.74 Å². The van der Waals surface area contributed by atoms with Crippen molar-refractivity contribution in [3.63, 3.8) is 0 Å². The number of fused-ring (bicyclic) bond motifs is 1. The molecule has 0 fully saturated rings. The van der Waals surface area contributed by atoms with Crippen molar-refractivity contribution < 1.29 is 18.7 Å². The predicted molar refractivity (Wildman–Crippen MR) is 129 cm³/mol. The molecule has 0 atom stereocenters. The molecule has 33 heavy (non-hydrogen) atoms. The summed E-state index contributed by atoms with van der Waals surface area (Å²) in [7, 11) is 0. The van der Waals surface area contributed by atoms with Gasteiger partial charge in [-0.2, -0.15) is 0 Å². The van der Waals surface area contributed by atoms with Gasteiger partial charge in [0.15, 0.2) is 0 Å². The zero-order chi connectivity index (χ0) is 23.4. The van der Waals surface area contributed by atoms with Gasteiger partial charge in [-0.05, 0) is 60.2 Å². The van der Waals surface area contributed by atoms with Gasteiger partial charge in [0.05, 0.1) is 6.54 Å². The maximum atomic E-state index is 14.9. The Labute approximate surface area is 196 Å². The van der Waals surface area contributed by atoms with Crippen LogP contribution in [0.3, 0.4) is 0 Å². The Bertz CT molecular complexity index is 1180. The summed E-state index contributed by atoms with van der Waals surface area (Å²) in [6, 6.07) is 16.8. The van der Waals surface area contributed by atoms with Gasteiger partial charge in [0, 0.05) is 33.8 Å². The molecule has 3 aromatic rings. The molecule has 0 unspecified atom stereocenters. The predicted octanol–water partition coefficient (Wildman–Crippen LogP) is 5.38. The summed E-state index contributed by atoms with van der Waals surface area (Å²) in [6.07, 6.45) is 2.92. The van der Waals surface area contributed by atoms with Crippen molar-refractivity contribution in [3.05, 3.63) is 77.1 Å². The molecule has 0 spiro atoms.